The molecule has 1 aromatic heterocycles. The first kappa shape index (κ1) is 16.2. The van der Waals surface area contributed by atoms with E-state index >= 15 is 0 Å². The molecule has 0 bridgehead atoms. The molecular formula is C13H16ClN3O3. The number of carbonyl (C=O) groups is 1. The van der Waals surface area contributed by atoms with Crippen LogP contribution in [0.3, 0.4) is 0 Å². The topological polar surface area (TPSA) is 101 Å². The molecule has 1 atom stereocenters. The van der Waals surface area contributed by atoms with Crippen LogP contribution in [-0.4, -0.2) is 28.8 Å². The number of halogens is 1. The third kappa shape index (κ3) is 3.36. The Bertz CT molecular complexity index is 571. The molecule has 1 heterocycles. The first-order valence-electron chi connectivity index (χ1n) is 5.82. The largest absolute Gasteiger partial charge is 0.394 e. The van der Waals surface area contributed by atoms with Crippen LogP contribution in [0, 0.1) is 6.92 Å². The summed E-state index contributed by atoms with van der Waals surface area (Å²) in [6, 6.07) is 8.45. The number of anilines is 1. The second-order valence-corrected chi connectivity index (χ2v) is 4.12. The van der Waals surface area contributed by atoms with Crippen LogP contribution in [0.15, 0.2) is 34.9 Å². The van der Waals surface area contributed by atoms with Gasteiger partial charge in [-0.2, -0.15) is 0 Å². The lowest BCUT2D eigenvalue weighted by molar-refractivity contribution is -0.118. The molecule has 0 saturated heterocycles. The van der Waals surface area contributed by atoms with Crippen molar-refractivity contribution in [1.82, 2.24) is 5.16 Å². The van der Waals surface area contributed by atoms with E-state index in [9.17, 15) is 4.79 Å². The van der Waals surface area contributed by atoms with Gasteiger partial charge in [0.05, 0.1) is 17.9 Å². The van der Waals surface area contributed by atoms with Gasteiger partial charge in [0, 0.05) is 0 Å². The van der Waals surface area contributed by atoms with Crippen LogP contribution in [0.25, 0.3) is 11.1 Å². The number of hydrogen-bond donors (Lipinski definition) is 3. The highest BCUT2D eigenvalue weighted by molar-refractivity contribution is 5.97. The van der Waals surface area contributed by atoms with E-state index in [0.717, 1.165) is 5.56 Å². The van der Waals surface area contributed by atoms with E-state index in [1.54, 1.807) is 6.92 Å². The Kier molecular flexibility index (Phi) is 5.69. The fourth-order valence-corrected chi connectivity index (χ4v) is 1.69. The minimum atomic E-state index is -0.992. The maximum absolute atomic E-state index is 11.7. The first-order chi connectivity index (χ1) is 9.13. The molecule has 4 N–H and O–H groups in total. The molecule has 0 fully saturated rings. The van der Waals surface area contributed by atoms with Crippen molar-refractivity contribution in [3.05, 3.63) is 36.0 Å². The first-order valence-corrected chi connectivity index (χ1v) is 5.82. The SMILES string of the molecule is Cc1noc(NC(=O)[C@@H](N)CO)c1-c1ccccc1.Cl. The molecule has 1 amide bonds. The lowest BCUT2D eigenvalue weighted by Crippen LogP contribution is -2.38. The molecule has 0 spiro atoms. The Hall–Kier alpha value is -1.89. The van der Waals surface area contributed by atoms with Gasteiger partial charge in [0.1, 0.15) is 6.04 Å². The molecule has 0 aliphatic carbocycles. The summed E-state index contributed by atoms with van der Waals surface area (Å²) in [5, 5.41) is 15.2. The monoisotopic (exact) mass is 297 g/mol. The van der Waals surface area contributed by atoms with Crippen molar-refractivity contribution in [1.29, 1.82) is 0 Å². The predicted octanol–water partition coefficient (Wildman–Crippen LogP) is 1.33. The molecular weight excluding hydrogens is 282 g/mol. The summed E-state index contributed by atoms with van der Waals surface area (Å²) in [6.07, 6.45) is 0. The normalized spacial score (nSPS) is 11.6. The van der Waals surface area contributed by atoms with Crippen molar-refractivity contribution in [3.63, 3.8) is 0 Å². The predicted molar refractivity (Wildman–Crippen MR) is 77.6 cm³/mol. The number of nitrogens with two attached hydrogens (primary N) is 1. The van der Waals surface area contributed by atoms with Crippen molar-refractivity contribution in [3.8, 4) is 11.1 Å². The Morgan fingerprint density at radius 3 is 2.70 bits per heavy atom. The van der Waals surface area contributed by atoms with Crippen molar-refractivity contribution in [2.45, 2.75) is 13.0 Å². The number of aliphatic hydroxyl groups is 1. The third-order valence-corrected chi connectivity index (χ3v) is 2.70. The fraction of sp³-hybridized carbons (Fsp3) is 0.231. The number of aromatic nitrogens is 1. The van der Waals surface area contributed by atoms with Crippen LogP contribution in [0.4, 0.5) is 5.88 Å². The van der Waals surface area contributed by atoms with Gasteiger partial charge in [-0.15, -0.1) is 12.4 Å². The number of nitrogens with zero attached hydrogens (tertiary/aromatic N) is 1. The Balaban J connectivity index is 0.00000200. The molecule has 0 aliphatic rings. The summed E-state index contributed by atoms with van der Waals surface area (Å²) < 4.78 is 5.10. The van der Waals surface area contributed by atoms with Gasteiger partial charge in [-0.3, -0.25) is 10.1 Å². The van der Waals surface area contributed by atoms with E-state index in [1.165, 1.54) is 0 Å². The Morgan fingerprint density at radius 2 is 2.10 bits per heavy atom. The molecule has 2 aromatic rings. The van der Waals surface area contributed by atoms with E-state index < -0.39 is 18.6 Å². The number of aliphatic hydroxyl groups excluding tert-OH is 1. The van der Waals surface area contributed by atoms with Gasteiger partial charge < -0.3 is 15.4 Å². The van der Waals surface area contributed by atoms with Gasteiger partial charge in [-0.05, 0) is 12.5 Å². The highest BCUT2D eigenvalue weighted by atomic mass is 35.5. The van der Waals surface area contributed by atoms with E-state index in [0.29, 0.717) is 11.3 Å². The van der Waals surface area contributed by atoms with E-state index in [4.69, 9.17) is 15.4 Å². The number of carbonyl (C=O) groups excluding carboxylic acids is 1. The summed E-state index contributed by atoms with van der Waals surface area (Å²) in [6.45, 7) is 1.35. The van der Waals surface area contributed by atoms with Crippen molar-refractivity contribution < 1.29 is 14.4 Å². The standard InChI is InChI=1S/C13H15N3O3.ClH/c1-8-11(9-5-3-2-4-6-9)13(19-16-8)15-12(18)10(14)7-17;/h2-6,10,17H,7,14H2,1H3,(H,15,18);1H/t10-;/m0./s1. The number of amides is 1. The molecule has 0 radical (unpaired) electrons. The number of aryl methyl sites for hydroxylation is 1. The molecule has 2 rings (SSSR count). The fourth-order valence-electron chi connectivity index (χ4n) is 1.69. The maximum atomic E-state index is 11.7. The number of rotatable bonds is 4. The summed E-state index contributed by atoms with van der Waals surface area (Å²) in [5.74, 6) is -0.284. The summed E-state index contributed by atoms with van der Waals surface area (Å²) in [5.41, 5.74) is 7.69. The van der Waals surface area contributed by atoms with Crippen LogP contribution in [0.2, 0.25) is 0 Å². The van der Waals surface area contributed by atoms with Gasteiger partial charge in [-0.25, -0.2) is 0 Å². The van der Waals surface area contributed by atoms with Crippen molar-refractivity contribution in [2.24, 2.45) is 5.73 Å². The highest BCUT2D eigenvalue weighted by Gasteiger charge is 2.19. The van der Waals surface area contributed by atoms with Gasteiger partial charge in [-0.1, -0.05) is 35.5 Å². The zero-order valence-corrected chi connectivity index (χ0v) is 11.7. The molecule has 108 valence electrons. The van der Waals surface area contributed by atoms with Crippen molar-refractivity contribution in [2.75, 3.05) is 11.9 Å². The molecule has 1 aromatic carbocycles. The minimum absolute atomic E-state index is 0. The summed E-state index contributed by atoms with van der Waals surface area (Å²) in [7, 11) is 0. The summed E-state index contributed by atoms with van der Waals surface area (Å²) in [4.78, 5) is 11.7. The Morgan fingerprint density at radius 1 is 1.45 bits per heavy atom. The molecule has 6 nitrogen and oxygen atoms in total. The van der Waals surface area contributed by atoms with Gasteiger partial charge in [0.2, 0.25) is 11.8 Å². The smallest absolute Gasteiger partial charge is 0.246 e. The van der Waals surface area contributed by atoms with Crippen molar-refractivity contribution >= 4 is 24.2 Å². The molecule has 0 saturated carbocycles. The zero-order valence-electron chi connectivity index (χ0n) is 10.9. The maximum Gasteiger partial charge on any atom is 0.246 e. The second-order valence-electron chi connectivity index (χ2n) is 4.12. The Labute approximate surface area is 122 Å². The van der Waals surface area contributed by atoms with E-state index in [-0.39, 0.29) is 18.3 Å². The number of nitrogens with one attached hydrogen (secondary N) is 1. The van der Waals surface area contributed by atoms with Gasteiger partial charge in [0.25, 0.3) is 0 Å². The lowest BCUT2D eigenvalue weighted by atomic mass is 10.1. The average molecular weight is 298 g/mol. The molecule has 0 aliphatic heterocycles. The lowest BCUT2D eigenvalue weighted by Gasteiger charge is -2.08. The summed E-state index contributed by atoms with van der Waals surface area (Å²) >= 11 is 0. The molecule has 20 heavy (non-hydrogen) atoms. The number of hydrogen-bond acceptors (Lipinski definition) is 5. The number of benzene rings is 1. The minimum Gasteiger partial charge on any atom is -0.394 e. The molecule has 7 heteroatoms. The van der Waals surface area contributed by atoms with E-state index in [1.807, 2.05) is 30.3 Å². The van der Waals surface area contributed by atoms with Crippen LogP contribution < -0.4 is 11.1 Å². The average Bonchev–Trinajstić information content (AvgIpc) is 2.79. The second kappa shape index (κ2) is 7.04. The van der Waals surface area contributed by atoms with Crippen LogP contribution in [0.5, 0.6) is 0 Å². The van der Waals surface area contributed by atoms with Gasteiger partial charge >= 0.3 is 0 Å². The van der Waals surface area contributed by atoms with Gasteiger partial charge in [0.15, 0.2) is 0 Å². The third-order valence-electron chi connectivity index (χ3n) is 2.70. The zero-order chi connectivity index (χ0) is 13.8. The molecule has 0 unspecified atom stereocenters. The van der Waals surface area contributed by atoms with Crippen LogP contribution in [-0.2, 0) is 4.79 Å². The van der Waals surface area contributed by atoms with Crippen LogP contribution >= 0.6 is 12.4 Å². The highest BCUT2D eigenvalue weighted by Crippen LogP contribution is 2.31. The quantitative estimate of drug-likeness (QED) is 0.790. The van der Waals surface area contributed by atoms with E-state index in [2.05, 4.69) is 10.5 Å². The van der Waals surface area contributed by atoms with Crippen LogP contribution in [0.1, 0.15) is 5.69 Å².